The first-order valence-electron chi connectivity index (χ1n) is 5.49. The third kappa shape index (κ3) is 3.22. The molecule has 2 rings (SSSR count). The first-order valence-corrected chi connectivity index (χ1v) is 7.43. The fourth-order valence-electron chi connectivity index (χ4n) is 2.32. The van der Waals surface area contributed by atoms with E-state index in [-0.39, 0.29) is 5.60 Å². The molecule has 1 N–H and O–H groups in total. The number of halogens is 1. The molecular weight excluding hydrogens is 274 g/mol. The summed E-state index contributed by atoms with van der Waals surface area (Å²) in [6, 6.07) is 0.603. The predicted molar refractivity (Wildman–Crippen MR) is 69.7 cm³/mol. The van der Waals surface area contributed by atoms with Gasteiger partial charge >= 0.3 is 0 Å². The zero-order valence-corrected chi connectivity index (χ0v) is 11.3. The molecule has 2 saturated heterocycles. The van der Waals surface area contributed by atoms with E-state index in [1.54, 1.807) is 0 Å². The Morgan fingerprint density at radius 2 is 2.53 bits per heavy atom. The van der Waals surface area contributed by atoms with Crippen molar-refractivity contribution in [1.82, 2.24) is 5.32 Å². The summed E-state index contributed by atoms with van der Waals surface area (Å²) in [6.07, 6.45) is 3.53. The second-order valence-electron chi connectivity index (χ2n) is 4.42. The van der Waals surface area contributed by atoms with Crippen LogP contribution in [0, 0.1) is 0 Å². The molecule has 0 bridgehead atoms. The van der Waals surface area contributed by atoms with E-state index in [2.05, 4.69) is 27.8 Å². The number of ether oxygens (including phenoxy) is 1. The fourth-order valence-corrected chi connectivity index (χ4v) is 3.86. The summed E-state index contributed by atoms with van der Waals surface area (Å²) in [6.45, 7) is 5.63. The van der Waals surface area contributed by atoms with Gasteiger partial charge in [-0.1, -0.05) is 22.5 Å². The number of thioether (sulfide) groups is 1. The molecule has 2 heterocycles. The number of nitrogens with one attached hydrogen (secondary N) is 1. The highest BCUT2D eigenvalue weighted by Crippen LogP contribution is 2.38. The van der Waals surface area contributed by atoms with Gasteiger partial charge in [0.1, 0.15) is 0 Å². The van der Waals surface area contributed by atoms with Crippen molar-refractivity contribution in [1.29, 1.82) is 0 Å². The van der Waals surface area contributed by atoms with E-state index in [1.165, 1.54) is 24.3 Å². The minimum atomic E-state index is 0.189. The van der Waals surface area contributed by atoms with Gasteiger partial charge in [-0.15, -0.1) is 0 Å². The Morgan fingerprint density at radius 1 is 1.67 bits per heavy atom. The summed E-state index contributed by atoms with van der Waals surface area (Å²) < 4.78 is 7.00. The molecule has 0 saturated carbocycles. The van der Waals surface area contributed by atoms with Crippen molar-refractivity contribution >= 4 is 27.7 Å². The van der Waals surface area contributed by atoms with E-state index in [4.69, 9.17) is 4.74 Å². The van der Waals surface area contributed by atoms with Crippen molar-refractivity contribution < 1.29 is 4.74 Å². The average Bonchev–Trinajstić information content (AvgIpc) is 2.63. The van der Waals surface area contributed by atoms with Crippen LogP contribution in [0.1, 0.15) is 19.3 Å². The van der Waals surface area contributed by atoms with E-state index in [0.717, 1.165) is 24.1 Å². The second kappa shape index (κ2) is 5.21. The third-order valence-electron chi connectivity index (χ3n) is 3.14. The highest BCUT2D eigenvalue weighted by atomic mass is 79.9. The smallest absolute Gasteiger partial charge is 0.0795 e. The van der Waals surface area contributed by atoms with E-state index < -0.39 is 0 Å². The molecular formula is C11H18BrNOS. The summed E-state index contributed by atoms with van der Waals surface area (Å²) in [7, 11) is 0. The third-order valence-corrected chi connectivity index (χ3v) is 4.65. The van der Waals surface area contributed by atoms with Crippen LogP contribution in [-0.2, 0) is 4.74 Å². The van der Waals surface area contributed by atoms with Crippen LogP contribution in [0.5, 0.6) is 0 Å². The molecule has 0 aromatic heterocycles. The summed E-state index contributed by atoms with van der Waals surface area (Å²) in [5.41, 5.74) is 0.189. The van der Waals surface area contributed by atoms with Gasteiger partial charge in [0.2, 0.25) is 0 Å². The van der Waals surface area contributed by atoms with Crippen molar-refractivity contribution in [3.63, 3.8) is 0 Å². The Bertz CT molecular complexity index is 241. The van der Waals surface area contributed by atoms with Crippen molar-refractivity contribution in [3.05, 3.63) is 11.1 Å². The first kappa shape index (κ1) is 12.0. The van der Waals surface area contributed by atoms with Crippen LogP contribution in [-0.4, -0.2) is 36.3 Å². The van der Waals surface area contributed by atoms with Crippen LogP contribution in [0.25, 0.3) is 0 Å². The lowest BCUT2D eigenvalue weighted by atomic mass is 9.90. The lowest BCUT2D eigenvalue weighted by molar-refractivity contribution is -0.0696. The molecule has 15 heavy (non-hydrogen) atoms. The molecule has 0 radical (unpaired) electrons. The van der Waals surface area contributed by atoms with E-state index in [1.807, 2.05) is 11.8 Å². The molecule has 2 aliphatic rings. The Labute approximate surface area is 104 Å². The predicted octanol–water partition coefficient (Wildman–Crippen LogP) is 2.54. The molecule has 2 atom stereocenters. The molecule has 2 aliphatic heterocycles. The Kier molecular flexibility index (Phi) is 4.16. The summed E-state index contributed by atoms with van der Waals surface area (Å²) in [4.78, 5) is 0. The molecule has 0 aliphatic carbocycles. The van der Waals surface area contributed by atoms with Crippen LogP contribution in [0.2, 0.25) is 0 Å². The zero-order valence-electron chi connectivity index (χ0n) is 8.93. The highest BCUT2D eigenvalue weighted by Gasteiger charge is 2.40. The lowest BCUT2D eigenvalue weighted by Gasteiger charge is -2.38. The summed E-state index contributed by atoms with van der Waals surface area (Å²) in [5.74, 6) is 2.44. The minimum Gasteiger partial charge on any atom is -0.374 e. The van der Waals surface area contributed by atoms with Crippen molar-refractivity contribution in [2.24, 2.45) is 0 Å². The normalized spacial score (nSPS) is 35.9. The molecule has 2 nitrogen and oxygen atoms in total. The Balaban J connectivity index is 1.84. The molecule has 0 aromatic rings. The highest BCUT2D eigenvalue weighted by molar-refractivity contribution is 9.11. The van der Waals surface area contributed by atoms with Gasteiger partial charge in [0.15, 0.2) is 0 Å². The summed E-state index contributed by atoms with van der Waals surface area (Å²) >= 11 is 5.41. The average molecular weight is 292 g/mol. The maximum atomic E-state index is 5.97. The number of hydrogen-bond acceptors (Lipinski definition) is 3. The molecule has 0 amide bonds. The van der Waals surface area contributed by atoms with E-state index in [9.17, 15) is 0 Å². The second-order valence-corrected chi connectivity index (χ2v) is 6.65. The summed E-state index contributed by atoms with van der Waals surface area (Å²) in [5, 5.41) is 3.54. The van der Waals surface area contributed by atoms with Gasteiger partial charge < -0.3 is 10.1 Å². The van der Waals surface area contributed by atoms with E-state index in [0.29, 0.717) is 6.04 Å². The number of hydrogen-bond donors (Lipinski definition) is 1. The van der Waals surface area contributed by atoms with Gasteiger partial charge in [0.05, 0.1) is 5.60 Å². The topological polar surface area (TPSA) is 21.3 Å². The van der Waals surface area contributed by atoms with Crippen molar-refractivity contribution in [3.8, 4) is 0 Å². The standard InChI is InChI=1S/C11H18BrNOS/c1-9(12)7-13-10-2-4-14-11(6-10)3-5-15-8-11/h10,13H,1-8H2. The Hall–Kier alpha value is 0.490. The number of rotatable bonds is 3. The molecule has 1 spiro atoms. The molecule has 0 aromatic carbocycles. The maximum Gasteiger partial charge on any atom is 0.0795 e. The quantitative estimate of drug-likeness (QED) is 0.864. The van der Waals surface area contributed by atoms with Gasteiger partial charge in [-0.05, 0) is 25.0 Å². The zero-order chi connectivity index (χ0) is 10.7. The van der Waals surface area contributed by atoms with Crippen molar-refractivity contribution in [2.45, 2.75) is 30.9 Å². The molecule has 2 fully saturated rings. The van der Waals surface area contributed by atoms with Gasteiger partial charge in [-0.3, -0.25) is 0 Å². The van der Waals surface area contributed by atoms with Crippen LogP contribution >= 0.6 is 27.7 Å². The van der Waals surface area contributed by atoms with Gasteiger partial charge in [-0.2, -0.15) is 11.8 Å². The largest absolute Gasteiger partial charge is 0.374 e. The monoisotopic (exact) mass is 291 g/mol. The van der Waals surface area contributed by atoms with Crippen LogP contribution in [0.3, 0.4) is 0 Å². The van der Waals surface area contributed by atoms with E-state index >= 15 is 0 Å². The Morgan fingerprint density at radius 3 is 3.20 bits per heavy atom. The maximum absolute atomic E-state index is 5.97. The fraction of sp³-hybridized carbons (Fsp3) is 0.818. The minimum absolute atomic E-state index is 0.189. The van der Waals surface area contributed by atoms with Gasteiger partial charge in [-0.25, -0.2) is 0 Å². The molecule has 4 heteroatoms. The van der Waals surface area contributed by atoms with Gasteiger partial charge in [0.25, 0.3) is 0 Å². The lowest BCUT2D eigenvalue weighted by Crippen LogP contribution is -2.47. The van der Waals surface area contributed by atoms with Crippen LogP contribution in [0.4, 0.5) is 0 Å². The van der Waals surface area contributed by atoms with Gasteiger partial charge in [0, 0.05) is 29.4 Å². The van der Waals surface area contributed by atoms with Crippen molar-refractivity contribution in [2.75, 3.05) is 24.7 Å². The SMILES string of the molecule is C=C(Br)CNC1CCOC2(CCSC2)C1. The van der Waals surface area contributed by atoms with Crippen LogP contribution in [0.15, 0.2) is 11.1 Å². The first-order chi connectivity index (χ1) is 7.20. The van der Waals surface area contributed by atoms with Crippen LogP contribution < -0.4 is 5.32 Å². The molecule has 2 unspecified atom stereocenters. The molecule has 86 valence electrons.